The Morgan fingerprint density at radius 2 is 1.71 bits per heavy atom. The van der Waals surface area contributed by atoms with Gasteiger partial charge in [0, 0.05) is 11.1 Å². The van der Waals surface area contributed by atoms with Gasteiger partial charge < -0.3 is 4.90 Å². The van der Waals surface area contributed by atoms with E-state index < -0.39 is 29.2 Å². The summed E-state index contributed by atoms with van der Waals surface area (Å²) in [5, 5.41) is 0. The van der Waals surface area contributed by atoms with Crippen LogP contribution in [0.15, 0.2) is 54.6 Å². The normalized spacial score (nSPS) is 17.1. The summed E-state index contributed by atoms with van der Waals surface area (Å²) in [6.07, 6.45) is 0.507. The first-order valence-electron chi connectivity index (χ1n) is 9.27. The van der Waals surface area contributed by atoms with Crippen LogP contribution in [0.1, 0.15) is 44.0 Å². The average molecular weight is 382 g/mol. The number of benzene rings is 2. The molecule has 0 N–H and O–H groups in total. The molecule has 0 spiro atoms. The van der Waals surface area contributed by atoms with Crippen LogP contribution >= 0.6 is 0 Å². The van der Waals surface area contributed by atoms with Crippen molar-refractivity contribution >= 4 is 23.4 Å². The van der Waals surface area contributed by atoms with Crippen LogP contribution in [0, 0.1) is 5.82 Å². The SMILES string of the molecule is CCC(C)(C)N(C(=O)c1ccc(F)cc1)C1CC(=O)N(c2ccccc2)C1=O. The Hall–Kier alpha value is -3.02. The molecule has 2 aromatic carbocycles. The van der Waals surface area contributed by atoms with Gasteiger partial charge in [-0.3, -0.25) is 14.4 Å². The molecule has 1 unspecified atom stereocenters. The van der Waals surface area contributed by atoms with E-state index in [1.54, 1.807) is 30.3 Å². The van der Waals surface area contributed by atoms with Crippen molar-refractivity contribution in [2.75, 3.05) is 4.90 Å². The lowest BCUT2D eigenvalue weighted by Gasteiger charge is -2.41. The van der Waals surface area contributed by atoms with Gasteiger partial charge in [0.1, 0.15) is 11.9 Å². The fourth-order valence-corrected chi connectivity index (χ4v) is 3.41. The van der Waals surface area contributed by atoms with E-state index in [0.717, 1.165) is 4.90 Å². The van der Waals surface area contributed by atoms with Crippen molar-refractivity contribution in [3.05, 3.63) is 66.0 Å². The smallest absolute Gasteiger partial charge is 0.257 e. The van der Waals surface area contributed by atoms with Crippen LogP contribution in [-0.4, -0.2) is 34.2 Å². The predicted octanol–water partition coefficient (Wildman–Crippen LogP) is 3.79. The third-order valence-corrected chi connectivity index (χ3v) is 5.28. The molecule has 5 nitrogen and oxygen atoms in total. The molecule has 0 saturated carbocycles. The van der Waals surface area contributed by atoms with E-state index in [9.17, 15) is 18.8 Å². The number of hydrogen-bond acceptors (Lipinski definition) is 3. The summed E-state index contributed by atoms with van der Waals surface area (Å²) < 4.78 is 13.3. The maximum absolute atomic E-state index is 13.3. The zero-order valence-electron chi connectivity index (χ0n) is 16.2. The van der Waals surface area contributed by atoms with Crippen LogP contribution in [0.4, 0.5) is 10.1 Å². The molecule has 6 heteroatoms. The summed E-state index contributed by atoms with van der Waals surface area (Å²) in [5.74, 6) is -1.61. The molecule has 3 rings (SSSR count). The first kappa shape index (κ1) is 19.7. The van der Waals surface area contributed by atoms with Crippen molar-refractivity contribution in [2.45, 2.75) is 45.2 Å². The highest BCUT2D eigenvalue weighted by Crippen LogP contribution is 2.32. The van der Waals surface area contributed by atoms with E-state index in [4.69, 9.17) is 0 Å². The first-order chi connectivity index (χ1) is 13.3. The predicted molar refractivity (Wildman–Crippen MR) is 104 cm³/mol. The summed E-state index contributed by atoms with van der Waals surface area (Å²) in [6, 6.07) is 13.0. The van der Waals surface area contributed by atoms with Crippen LogP contribution in [-0.2, 0) is 9.59 Å². The van der Waals surface area contributed by atoms with Crippen molar-refractivity contribution in [1.29, 1.82) is 0 Å². The lowest BCUT2D eigenvalue weighted by molar-refractivity contribution is -0.123. The topological polar surface area (TPSA) is 57.7 Å². The minimum atomic E-state index is -0.903. The highest BCUT2D eigenvalue weighted by molar-refractivity contribution is 6.23. The van der Waals surface area contributed by atoms with Crippen molar-refractivity contribution in [1.82, 2.24) is 4.90 Å². The Morgan fingerprint density at radius 3 is 2.29 bits per heavy atom. The Balaban J connectivity index is 1.99. The molecule has 1 aliphatic rings. The summed E-state index contributed by atoms with van der Waals surface area (Å²) in [5.41, 5.74) is 0.100. The minimum absolute atomic E-state index is 0.0793. The second kappa shape index (κ2) is 7.54. The lowest BCUT2D eigenvalue weighted by Crippen LogP contribution is -2.55. The molecule has 0 aliphatic carbocycles. The van der Waals surface area contributed by atoms with Gasteiger partial charge in [-0.05, 0) is 56.7 Å². The fraction of sp³-hybridized carbons (Fsp3) is 0.318. The number of carbonyl (C=O) groups is 3. The molecule has 28 heavy (non-hydrogen) atoms. The molecular weight excluding hydrogens is 359 g/mol. The average Bonchev–Trinajstić information content (AvgIpc) is 2.96. The van der Waals surface area contributed by atoms with Gasteiger partial charge in [-0.2, -0.15) is 0 Å². The minimum Gasteiger partial charge on any atom is -0.321 e. The quantitative estimate of drug-likeness (QED) is 0.740. The number of amides is 3. The highest BCUT2D eigenvalue weighted by atomic mass is 19.1. The van der Waals surface area contributed by atoms with Crippen molar-refractivity contribution < 1.29 is 18.8 Å². The number of carbonyl (C=O) groups excluding carboxylic acids is 3. The van der Waals surface area contributed by atoms with Gasteiger partial charge >= 0.3 is 0 Å². The number of para-hydroxylation sites is 1. The molecule has 146 valence electrons. The number of hydrogen-bond donors (Lipinski definition) is 0. The number of imide groups is 1. The van der Waals surface area contributed by atoms with Crippen LogP contribution < -0.4 is 4.90 Å². The number of halogens is 1. The van der Waals surface area contributed by atoms with Crippen LogP contribution in [0.3, 0.4) is 0 Å². The van der Waals surface area contributed by atoms with Gasteiger partial charge in [0.25, 0.3) is 11.8 Å². The second-order valence-corrected chi connectivity index (χ2v) is 7.47. The van der Waals surface area contributed by atoms with Crippen molar-refractivity contribution in [3.8, 4) is 0 Å². The zero-order chi connectivity index (χ0) is 20.5. The van der Waals surface area contributed by atoms with Gasteiger partial charge in [0.2, 0.25) is 5.91 Å². The third-order valence-electron chi connectivity index (χ3n) is 5.28. The van der Waals surface area contributed by atoms with Gasteiger partial charge in [0.05, 0.1) is 12.1 Å². The third kappa shape index (κ3) is 3.54. The molecule has 1 atom stereocenters. The van der Waals surface area contributed by atoms with E-state index in [0.29, 0.717) is 12.1 Å². The molecule has 1 fully saturated rings. The molecule has 1 heterocycles. The molecule has 2 aromatic rings. The van der Waals surface area contributed by atoms with Crippen LogP contribution in [0.25, 0.3) is 0 Å². The zero-order valence-corrected chi connectivity index (χ0v) is 16.2. The van der Waals surface area contributed by atoms with E-state index in [1.807, 2.05) is 20.8 Å². The lowest BCUT2D eigenvalue weighted by atomic mass is 9.94. The Morgan fingerprint density at radius 1 is 1.11 bits per heavy atom. The molecular formula is C22H23FN2O3. The summed E-state index contributed by atoms with van der Waals surface area (Å²) in [7, 11) is 0. The summed E-state index contributed by atoms with van der Waals surface area (Å²) in [4.78, 5) is 41.7. The number of rotatable bonds is 5. The molecule has 0 radical (unpaired) electrons. The first-order valence-corrected chi connectivity index (χ1v) is 9.27. The largest absolute Gasteiger partial charge is 0.321 e. The van der Waals surface area contributed by atoms with Gasteiger partial charge in [-0.25, -0.2) is 9.29 Å². The highest BCUT2D eigenvalue weighted by Gasteiger charge is 2.48. The molecule has 1 saturated heterocycles. The fourth-order valence-electron chi connectivity index (χ4n) is 3.41. The van der Waals surface area contributed by atoms with Crippen molar-refractivity contribution in [2.24, 2.45) is 0 Å². The maximum Gasteiger partial charge on any atom is 0.257 e. The molecule has 1 aliphatic heterocycles. The van der Waals surface area contributed by atoms with E-state index in [-0.39, 0.29) is 17.9 Å². The second-order valence-electron chi connectivity index (χ2n) is 7.47. The maximum atomic E-state index is 13.3. The Kier molecular flexibility index (Phi) is 5.31. The monoisotopic (exact) mass is 382 g/mol. The summed E-state index contributed by atoms with van der Waals surface area (Å²) in [6.45, 7) is 5.63. The molecule has 0 bridgehead atoms. The van der Waals surface area contributed by atoms with Crippen LogP contribution in [0.5, 0.6) is 0 Å². The number of nitrogens with zero attached hydrogens (tertiary/aromatic N) is 2. The Bertz CT molecular complexity index is 894. The van der Waals surface area contributed by atoms with Crippen LogP contribution in [0.2, 0.25) is 0 Å². The molecule has 0 aromatic heterocycles. The summed E-state index contributed by atoms with van der Waals surface area (Å²) >= 11 is 0. The van der Waals surface area contributed by atoms with Gasteiger partial charge in [-0.1, -0.05) is 25.1 Å². The van der Waals surface area contributed by atoms with Crippen molar-refractivity contribution in [3.63, 3.8) is 0 Å². The number of anilines is 1. The van der Waals surface area contributed by atoms with E-state index in [2.05, 4.69) is 0 Å². The van der Waals surface area contributed by atoms with Gasteiger partial charge in [-0.15, -0.1) is 0 Å². The molecule has 3 amide bonds. The van der Waals surface area contributed by atoms with Gasteiger partial charge in [0.15, 0.2) is 0 Å². The van der Waals surface area contributed by atoms with E-state index in [1.165, 1.54) is 29.2 Å². The Labute approximate surface area is 163 Å². The van der Waals surface area contributed by atoms with E-state index >= 15 is 0 Å². The standard InChI is InChI=1S/C22H23FN2O3/c1-4-22(2,3)25(20(27)15-10-12-16(23)13-11-15)18-14-19(26)24(21(18)28)17-8-6-5-7-9-17/h5-13,18H,4,14H2,1-3H3.